The van der Waals surface area contributed by atoms with E-state index in [4.69, 9.17) is 0 Å². The maximum absolute atomic E-state index is 12.7. The molecule has 3 heterocycles. The second kappa shape index (κ2) is 7.98. The lowest BCUT2D eigenvalue weighted by Crippen LogP contribution is -2.14. The maximum Gasteiger partial charge on any atom is 0.417 e. The lowest BCUT2D eigenvalue weighted by Gasteiger charge is -2.08. The van der Waals surface area contributed by atoms with Gasteiger partial charge in [-0.05, 0) is 19.1 Å². The number of pyridine rings is 1. The highest BCUT2D eigenvalue weighted by atomic mass is 19.4. The molecule has 0 aliphatic rings. The predicted octanol–water partition coefficient (Wildman–Crippen LogP) is 4.30. The number of carbonyl (C=O) groups excluding carboxylic acids is 1. The number of carbonyl (C=O) groups is 1. The first-order valence-electron chi connectivity index (χ1n) is 9.10. The molecule has 156 valence electrons. The zero-order chi connectivity index (χ0) is 22.0. The van der Waals surface area contributed by atoms with Gasteiger partial charge in [-0.15, -0.1) is 0 Å². The van der Waals surface area contributed by atoms with Crippen molar-refractivity contribution in [1.82, 2.24) is 24.7 Å². The Morgan fingerprint density at radius 1 is 0.935 bits per heavy atom. The van der Waals surface area contributed by atoms with Gasteiger partial charge in [0.2, 0.25) is 0 Å². The first-order chi connectivity index (χ1) is 14.8. The number of alkyl halides is 3. The fraction of sp³-hybridized carbons (Fsp3) is 0.0952. The number of nitrogens with zero attached hydrogens (tertiary/aromatic N) is 5. The normalized spacial score (nSPS) is 11.4. The van der Waals surface area contributed by atoms with Crippen LogP contribution in [0.2, 0.25) is 0 Å². The molecule has 0 saturated heterocycles. The van der Waals surface area contributed by atoms with E-state index in [-0.39, 0.29) is 11.4 Å². The molecular formula is C21H15F3N6O. The van der Waals surface area contributed by atoms with Crippen molar-refractivity contribution >= 4 is 11.6 Å². The van der Waals surface area contributed by atoms with E-state index < -0.39 is 17.6 Å². The molecular weight excluding hydrogens is 409 g/mol. The van der Waals surface area contributed by atoms with Crippen LogP contribution < -0.4 is 5.32 Å². The Balaban J connectivity index is 1.50. The Kier molecular flexibility index (Phi) is 5.20. The van der Waals surface area contributed by atoms with Crippen molar-refractivity contribution in [3.8, 4) is 17.2 Å². The number of benzene rings is 1. The van der Waals surface area contributed by atoms with E-state index in [2.05, 4.69) is 25.4 Å². The van der Waals surface area contributed by atoms with Crippen LogP contribution in [-0.4, -0.2) is 30.6 Å². The largest absolute Gasteiger partial charge is 0.417 e. The van der Waals surface area contributed by atoms with Crippen molar-refractivity contribution in [2.75, 3.05) is 5.32 Å². The number of amides is 1. The van der Waals surface area contributed by atoms with Gasteiger partial charge in [0, 0.05) is 11.8 Å². The highest BCUT2D eigenvalue weighted by molar-refractivity contribution is 6.04. The molecule has 0 aliphatic heterocycles. The molecule has 31 heavy (non-hydrogen) atoms. The first kappa shape index (κ1) is 20.2. The van der Waals surface area contributed by atoms with Crippen LogP contribution >= 0.6 is 0 Å². The van der Waals surface area contributed by atoms with Crippen LogP contribution in [0.3, 0.4) is 0 Å². The third-order valence-corrected chi connectivity index (χ3v) is 4.49. The Hall–Kier alpha value is -4.08. The van der Waals surface area contributed by atoms with Crippen molar-refractivity contribution in [2.45, 2.75) is 13.1 Å². The van der Waals surface area contributed by atoms with E-state index in [1.807, 2.05) is 30.3 Å². The van der Waals surface area contributed by atoms with Gasteiger partial charge in [-0.1, -0.05) is 30.3 Å². The molecule has 1 N–H and O–H groups in total. The van der Waals surface area contributed by atoms with Gasteiger partial charge in [0.05, 0.1) is 41.1 Å². The average Bonchev–Trinajstić information content (AvgIpc) is 3.16. The van der Waals surface area contributed by atoms with Gasteiger partial charge in [0.1, 0.15) is 0 Å². The number of nitrogens with one attached hydrogen (secondary N) is 1. The molecule has 0 saturated carbocycles. The van der Waals surface area contributed by atoms with Gasteiger partial charge in [-0.3, -0.25) is 4.79 Å². The number of aromatic nitrogens is 5. The molecule has 0 fully saturated rings. The summed E-state index contributed by atoms with van der Waals surface area (Å²) in [6.07, 6.45) is 0.549. The molecule has 1 aromatic carbocycles. The van der Waals surface area contributed by atoms with Crippen LogP contribution in [0.1, 0.15) is 21.6 Å². The van der Waals surface area contributed by atoms with Crippen molar-refractivity contribution < 1.29 is 18.0 Å². The van der Waals surface area contributed by atoms with Gasteiger partial charge >= 0.3 is 6.18 Å². The summed E-state index contributed by atoms with van der Waals surface area (Å²) in [7, 11) is 0. The fourth-order valence-corrected chi connectivity index (χ4v) is 2.87. The van der Waals surface area contributed by atoms with E-state index in [0.717, 1.165) is 17.8 Å². The summed E-state index contributed by atoms with van der Waals surface area (Å²) in [5.74, 6) is 0.239. The first-order valence-corrected chi connectivity index (χ1v) is 9.10. The Bertz CT molecular complexity index is 1200. The average molecular weight is 424 g/mol. The molecule has 4 rings (SSSR count). The molecule has 10 heteroatoms. The highest BCUT2D eigenvalue weighted by Crippen LogP contribution is 2.29. The third-order valence-electron chi connectivity index (χ3n) is 4.49. The smallest absolute Gasteiger partial charge is 0.319 e. The lowest BCUT2D eigenvalue weighted by atomic mass is 10.2. The maximum atomic E-state index is 12.7. The minimum atomic E-state index is -4.48. The quantitative estimate of drug-likeness (QED) is 0.528. The van der Waals surface area contributed by atoms with Crippen molar-refractivity contribution in [2.24, 2.45) is 0 Å². The SMILES string of the molecule is Cc1c(C(=O)Nc2cnc(-c3ccccc3)nc2)cnn1-c1ccc(C(F)(F)F)cn1. The van der Waals surface area contributed by atoms with Gasteiger partial charge in [-0.25, -0.2) is 19.6 Å². The zero-order valence-electron chi connectivity index (χ0n) is 16.1. The van der Waals surface area contributed by atoms with E-state index in [0.29, 0.717) is 17.2 Å². The van der Waals surface area contributed by atoms with Crippen LogP contribution in [0.5, 0.6) is 0 Å². The van der Waals surface area contributed by atoms with Crippen LogP contribution in [0.4, 0.5) is 18.9 Å². The van der Waals surface area contributed by atoms with E-state index >= 15 is 0 Å². The van der Waals surface area contributed by atoms with E-state index in [9.17, 15) is 18.0 Å². The zero-order valence-corrected chi connectivity index (χ0v) is 16.1. The third kappa shape index (κ3) is 4.27. The molecule has 0 atom stereocenters. The number of hydrogen-bond donors (Lipinski definition) is 1. The summed E-state index contributed by atoms with van der Waals surface area (Å²) >= 11 is 0. The van der Waals surface area contributed by atoms with Crippen LogP contribution in [0, 0.1) is 6.92 Å². The molecule has 0 bridgehead atoms. The number of anilines is 1. The van der Waals surface area contributed by atoms with Crippen LogP contribution in [0.25, 0.3) is 17.2 Å². The Morgan fingerprint density at radius 2 is 1.65 bits per heavy atom. The topological polar surface area (TPSA) is 85.6 Å². The molecule has 0 spiro atoms. The van der Waals surface area contributed by atoms with Crippen molar-refractivity contribution in [3.63, 3.8) is 0 Å². The Morgan fingerprint density at radius 3 is 2.26 bits per heavy atom. The highest BCUT2D eigenvalue weighted by Gasteiger charge is 2.30. The Labute approximate surface area is 174 Å². The monoisotopic (exact) mass is 424 g/mol. The summed E-state index contributed by atoms with van der Waals surface area (Å²) in [6, 6.07) is 11.5. The molecule has 7 nitrogen and oxygen atoms in total. The summed E-state index contributed by atoms with van der Waals surface area (Å²) < 4.78 is 39.4. The molecule has 0 aliphatic carbocycles. The molecule has 0 unspecified atom stereocenters. The van der Waals surface area contributed by atoms with E-state index in [1.54, 1.807) is 6.92 Å². The minimum Gasteiger partial charge on any atom is -0.319 e. The van der Waals surface area contributed by atoms with Gasteiger partial charge in [0.25, 0.3) is 5.91 Å². The molecule has 1 amide bonds. The summed E-state index contributed by atoms with van der Waals surface area (Å²) in [6.45, 7) is 1.62. The number of halogens is 3. The summed E-state index contributed by atoms with van der Waals surface area (Å²) in [5.41, 5.74) is 1.05. The van der Waals surface area contributed by atoms with E-state index in [1.165, 1.54) is 29.3 Å². The minimum absolute atomic E-state index is 0.167. The molecule has 3 aromatic heterocycles. The predicted molar refractivity (Wildman–Crippen MR) is 107 cm³/mol. The summed E-state index contributed by atoms with van der Waals surface area (Å²) in [5, 5.41) is 6.76. The lowest BCUT2D eigenvalue weighted by molar-refractivity contribution is -0.137. The van der Waals surface area contributed by atoms with Gasteiger partial charge in [-0.2, -0.15) is 18.3 Å². The van der Waals surface area contributed by atoms with Crippen molar-refractivity contribution in [1.29, 1.82) is 0 Å². The molecule has 0 radical (unpaired) electrons. The second-order valence-electron chi connectivity index (χ2n) is 6.57. The van der Waals surface area contributed by atoms with Crippen LogP contribution in [-0.2, 0) is 6.18 Å². The van der Waals surface area contributed by atoms with Gasteiger partial charge < -0.3 is 5.32 Å². The van der Waals surface area contributed by atoms with Crippen molar-refractivity contribution in [3.05, 3.63) is 84.1 Å². The number of hydrogen-bond acceptors (Lipinski definition) is 5. The molecule has 4 aromatic rings. The number of rotatable bonds is 4. The summed E-state index contributed by atoms with van der Waals surface area (Å²) in [4.78, 5) is 24.9. The second-order valence-corrected chi connectivity index (χ2v) is 6.57. The fourth-order valence-electron chi connectivity index (χ4n) is 2.87. The van der Waals surface area contributed by atoms with Gasteiger partial charge in [0.15, 0.2) is 11.6 Å². The standard InChI is InChI=1S/C21H15F3N6O/c1-13-17(12-28-30(13)18-8-7-15(9-25-18)21(22,23)24)20(31)29-16-10-26-19(27-11-16)14-5-3-2-4-6-14/h2-12H,1H3,(H,29,31). The van der Waals surface area contributed by atoms with Crippen LogP contribution in [0.15, 0.2) is 67.3 Å².